The van der Waals surface area contributed by atoms with Crippen molar-refractivity contribution in [2.24, 2.45) is 0 Å². The smallest absolute Gasteiger partial charge is 0.319 e. The molecular weight excluding hydrogens is 364 g/mol. The first kappa shape index (κ1) is 19.5. The molecule has 1 aromatic heterocycles. The van der Waals surface area contributed by atoms with Crippen LogP contribution < -0.4 is 10.6 Å². The van der Waals surface area contributed by atoms with E-state index in [0.29, 0.717) is 12.6 Å². The van der Waals surface area contributed by atoms with Gasteiger partial charge in [0.1, 0.15) is 5.52 Å². The van der Waals surface area contributed by atoms with Crippen molar-refractivity contribution in [2.75, 3.05) is 25.0 Å². The van der Waals surface area contributed by atoms with Crippen LogP contribution in [-0.2, 0) is 6.42 Å². The van der Waals surface area contributed by atoms with Crippen LogP contribution in [0.25, 0.3) is 11.1 Å². The minimum atomic E-state index is -0.145. The molecule has 6 nitrogen and oxygen atoms in total. The average Bonchev–Trinajstić information content (AvgIpc) is 3.16. The zero-order valence-corrected chi connectivity index (χ0v) is 16.6. The van der Waals surface area contributed by atoms with Gasteiger partial charge in [0, 0.05) is 24.7 Å². The molecule has 0 spiro atoms. The van der Waals surface area contributed by atoms with Crippen molar-refractivity contribution < 1.29 is 9.21 Å². The summed E-state index contributed by atoms with van der Waals surface area (Å²) in [4.78, 5) is 19.2. The highest BCUT2D eigenvalue weighted by molar-refractivity contribution is 5.89. The van der Waals surface area contributed by atoms with E-state index in [1.807, 2.05) is 54.6 Å². The summed E-state index contributed by atoms with van der Waals surface area (Å²) < 4.78 is 5.82. The summed E-state index contributed by atoms with van der Waals surface area (Å²) in [6, 6.07) is 17.7. The first-order chi connectivity index (χ1) is 14.3. The molecule has 1 atom stereocenters. The van der Waals surface area contributed by atoms with Crippen LogP contribution in [0.15, 0.2) is 59.0 Å². The van der Waals surface area contributed by atoms with Gasteiger partial charge in [-0.05, 0) is 56.6 Å². The molecule has 1 aliphatic rings. The number of benzene rings is 2. The Morgan fingerprint density at radius 2 is 1.93 bits per heavy atom. The maximum atomic E-state index is 12.2. The highest BCUT2D eigenvalue weighted by atomic mass is 16.3. The quantitative estimate of drug-likeness (QED) is 0.624. The van der Waals surface area contributed by atoms with Crippen molar-refractivity contribution in [1.82, 2.24) is 15.2 Å². The molecule has 0 bridgehead atoms. The minimum absolute atomic E-state index is 0.145. The number of nitrogens with zero attached hydrogens (tertiary/aromatic N) is 2. The fourth-order valence-electron chi connectivity index (χ4n) is 3.95. The number of anilines is 1. The van der Waals surface area contributed by atoms with E-state index in [1.165, 1.54) is 12.8 Å². The molecule has 4 rings (SSSR count). The Hall–Kier alpha value is -2.86. The molecule has 2 N–H and O–H groups in total. The Labute approximate surface area is 171 Å². The number of aryl methyl sites for hydroxylation is 1. The molecule has 3 aromatic rings. The lowest BCUT2D eigenvalue weighted by Crippen LogP contribution is -2.47. The fourth-order valence-corrected chi connectivity index (χ4v) is 3.95. The maximum absolute atomic E-state index is 12.2. The van der Waals surface area contributed by atoms with Crippen molar-refractivity contribution in [3.05, 3.63) is 60.5 Å². The molecule has 0 saturated carbocycles. The molecular formula is C23H28N4O2. The second-order valence-corrected chi connectivity index (χ2v) is 7.57. The van der Waals surface area contributed by atoms with E-state index in [9.17, 15) is 4.79 Å². The monoisotopic (exact) mass is 392 g/mol. The average molecular weight is 393 g/mol. The predicted molar refractivity (Wildman–Crippen MR) is 115 cm³/mol. The lowest BCUT2D eigenvalue weighted by Gasteiger charge is -2.35. The van der Waals surface area contributed by atoms with E-state index >= 15 is 0 Å². The number of hydrogen-bond acceptors (Lipinski definition) is 4. The Bertz CT molecular complexity index is 892. The van der Waals surface area contributed by atoms with Crippen molar-refractivity contribution in [3.8, 4) is 0 Å². The maximum Gasteiger partial charge on any atom is 0.319 e. The molecule has 2 amide bonds. The molecule has 0 aliphatic carbocycles. The number of carbonyl (C=O) groups is 1. The first-order valence-electron chi connectivity index (χ1n) is 10.5. The van der Waals surface area contributed by atoms with Crippen molar-refractivity contribution in [3.63, 3.8) is 0 Å². The number of oxazole rings is 1. The molecule has 1 unspecified atom stereocenters. The van der Waals surface area contributed by atoms with Gasteiger partial charge in [-0.2, -0.15) is 0 Å². The van der Waals surface area contributed by atoms with Gasteiger partial charge in [-0.25, -0.2) is 9.78 Å². The second-order valence-electron chi connectivity index (χ2n) is 7.57. The molecule has 152 valence electrons. The van der Waals surface area contributed by atoms with Crippen LogP contribution in [0.3, 0.4) is 0 Å². The first-order valence-corrected chi connectivity index (χ1v) is 10.5. The van der Waals surface area contributed by atoms with Gasteiger partial charge >= 0.3 is 6.03 Å². The van der Waals surface area contributed by atoms with Crippen LogP contribution in [0.5, 0.6) is 0 Å². The Balaban J connectivity index is 1.24. The van der Waals surface area contributed by atoms with Crippen LogP contribution in [0.2, 0.25) is 0 Å². The van der Waals surface area contributed by atoms with Gasteiger partial charge in [-0.1, -0.05) is 36.8 Å². The van der Waals surface area contributed by atoms with Crippen LogP contribution in [0, 0.1) is 0 Å². The molecule has 1 saturated heterocycles. The molecule has 1 aliphatic heterocycles. The molecule has 1 fully saturated rings. The van der Waals surface area contributed by atoms with E-state index in [1.54, 1.807) is 0 Å². The van der Waals surface area contributed by atoms with Crippen LogP contribution in [-0.4, -0.2) is 41.6 Å². The third-order valence-corrected chi connectivity index (χ3v) is 5.45. The molecule has 29 heavy (non-hydrogen) atoms. The summed E-state index contributed by atoms with van der Waals surface area (Å²) in [6.07, 6.45) is 5.39. The van der Waals surface area contributed by atoms with Gasteiger partial charge in [0.25, 0.3) is 0 Å². The molecule has 6 heteroatoms. The summed E-state index contributed by atoms with van der Waals surface area (Å²) in [6.45, 7) is 2.74. The van der Waals surface area contributed by atoms with E-state index in [0.717, 1.165) is 55.0 Å². The van der Waals surface area contributed by atoms with Crippen LogP contribution in [0.1, 0.15) is 31.6 Å². The third kappa shape index (κ3) is 5.35. The van der Waals surface area contributed by atoms with E-state index in [-0.39, 0.29) is 6.03 Å². The molecule has 0 radical (unpaired) electrons. The number of rotatable bonds is 7. The zero-order valence-electron chi connectivity index (χ0n) is 16.6. The van der Waals surface area contributed by atoms with Gasteiger partial charge in [0.05, 0.1) is 0 Å². The summed E-state index contributed by atoms with van der Waals surface area (Å²) in [5.74, 6) is 0.806. The summed E-state index contributed by atoms with van der Waals surface area (Å²) in [5.41, 5.74) is 2.59. The van der Waals surface area contributed by atoms with Gasteiger partial charge in [-0.15, -0.1) is 0 Å². The summed E-state index contributed by atoms with van der Waals surface area (Å²) >= 11 is 0. The topological polar surface area (TPSA) is 70.4 Å². The highest BCUT2D eigenvalue weighted by Crippen LogP contribution is 2.19. The molecule has 2 aromatic carbocycles. The van der Waals surface area contributed by atoms with E-state index < -0.39 is 0 Å². The third-order valence-electron chi connectivity index (χ3n) is 5.45. The number of para-hydroxylation sites is 3. The fraction of sp³-hybridized carbons (Fsp3) is 0.391. The minimum Gasteiger partial charge on any atom is -0.441 e. The lowest BCUT2D eigenvalue weighted by molar-refractivity contribution is 0.144. The molecule has 2 heterocycles. The lowest BCUT2D eigenvalue weighted by atomic mass is 10.0. The van der Waals surface area contributed by atoms with Gasteiger partial charge < -0.3 is 15.1 Å². The van der Waals surface area contributed by atoms with Gasteiger partial charge in [-0.3, -0.25) is 4.90 Å². The number of nitrogens with one attached hydrogen (secondary N) is 2. The number of urea groups is 1. The number of hydrogen-bond donors (Lipinski definition) is 2. The van der Waals surface area contributed by atoms with Crippen LogP contribution in [0.4, 0.5) is 10.5 Å². The number of aromatic nitrogens is 1. The highest BCUT2D eigenvalue weighted by Gasteiger charge is 2.22. The Morgan fingerprint density at radius 1 is 1.10 bits per heavy atom. The standard InChI is InChI=1S/C23H28N4O2/c28-23(25-18-9-2-1-3-10-18)24-17-19-11-6-7-15-27(19)16-8-14-22-26-20-12-4-5-13-21(20)29-22/h1-5,9-10,12-13,19H,6-8,11,14-17H2,(H2,24,25,28). The predicted octanol–water partition coefficient (Wildman–Crippen LogP) is 4.44. The number of piperidine rings is 1. The van der Waals surface area contributed by atoms with Crippen LogP contribution >= 0.6 is 0 Å². The second kappa shape index (κ2) is 9.56. The largest absolute Gasteiger partial charge is 0.441 e. The Kier molecular flexibility index (Phi) is 6.42. The SMILES string of the molecule is O=C(NCC1CCCCN1CCCc1nc2ccccc2o1)Nc1ccccc1. The van der Waals surface area contributed by atoms with Crippen molar-refractivity contribution in [1.29, 1.82) is 0 Å². The van der Waals surface area contributed by atoms with Crippen molar-refractivity contribution >= 4 is 22.8 Å². The Morgan fingerprint density at radius 3 is 2.79 bits per heavy atom. The number of carbonyl (C=O) groups excluding carboxylic acids is 1. The van der Waals surface area contributed by atoms with E-state index in [2.05, 4.69) is 20.5 Å². The normalized spacial score (nSPS) is 17.3. The number of likely N-dealkylation sites (tertiary alicyclic amines) is 1. The number of amides is 2. The van der Waals surface area contributed by atoms with Gasteiger partial charge in [0.15, 0.2) is 11.5 Å². The van der Waals surface area contributed by atoms with Gasteiger partial charge in [0.2, 0.25) is 0 Å². The summed E-state index contributed by atoms with van der Waals surface area (Å²) in [5, 5.41) is 5.92. The van der Waals surface area contributed by atoms with E-state index in [4.69, 9.17) is 4.42 Å². The summed E-state index contributed by atoms with van der Waals surface area (Å²) in [7, 11) is 0. The van der Waals surface area contributed by atoms with Crippen molar-refractivity contribution in [2.45, 2.75) is 38.1 Å². The number of fused-ring (bicyclic) bond motifs is 1. The zero-order chi connectivity index (χ0) is 19.9.